The number of halogens is 4. The molecular weight excluding hydrogens is 415 g/mol. The van der Waals surface area contributed by atoms with E-state index in [1.807, 2.05) is 11.0 Å². The molecule has 0 aliphatic carbocycles. The fourth-order valence-electron chi connectivity index (χ4n) is 2.89. The van der Waals surface area contributed by atoms with Gasteiger partial charge in [-0.15, -0.1) is 5.10 Å². The van der Waals surface area contributed by atoms with E-state index in [9.17, 15) is 13.2 Å². The van der Waals surface area contributed by atoms with Gasteiger partial charge in [0, 0.05) is 36.2 Å². The number of alkyl halides is 3. The molecule has 1 saturated heterocycles. The number of anilines is 1. The Balaban J connectivity index is 1.92. The highest BCUT2D eigenvalue weighted by atomic mass is 79.9. The number of pyridine rings is 1. The summed E-state index contributed by atoms with van der Waals surface area (Å²) in [6.45, 7) is 2.28. The number of rotatable bonds is 2. The van der Waals surface area contributed by atoms with Gasteiger partial charge in [-0.1, -0.05) is 0 Å². The fourth-order valence-corrected chi connectivity index (χ4v) is 3.30. The standard InChI is InChI=1S/C16H13BrF3N5O/c17-10-7-13-15(24-3-5-26-6-4-24)22-14(23-25(13)9-10)11-8-21-2-1-12(11)16(18,19)20/h1-2,7-9H,3-6H2. The van der Waals surface area contributed by atoms with Gasteiger partial charge in [0.1, 0.15) is 5.52 Å². The Morgan fingerprint density at radius 2 is 1.96 bits per heavy atom. The highest BCUT2D eigenvalue weighted by Crippen LogP contribution is 2.36. The smallest absolute Gasteiger partial charge is 0.378 e. The highest BCUT2D eigenvalue weighted by molar-refractivity contribution is 9.10. The first-order valence-electron chi connectivity index (χ1n) is 7.84. The zero-order valence-corrected chi connectivity index (χ0v) is 15.0. The molecule has 0 radical (unpaired) electrons. The molecule has 1 aliphatic rings. The summed E-state index contributed by atoms with van der Waals surface area (Å²) < 4.78 is 47.8. The van der Waals surface area contributed by atoms with Gasteiger partial charge in [-0.05, 0) is 28.1 Å². The van der Waals surface area contributed by atoms with Crippen LogP contribution in [0.5, 0.6) is 0 Å². The number of fused-ring (bicyclic) bond motifs is 1. The lowest BCUT2D eigenvalue weighted by molar-refractivity contribution is -0.137. The van der Waals surface area contributed by atoms with Gasteiger partial charge in [0.25, 0.3) is 0 Å². The minimum Gasteiger partial charge on any atom is -0.378 e. The largest absolute Gasteiger partial charge is 0.417 e. The van der Waals surface area contributed by atoms with Crippen molar-refractivity contribution in [3.63, 3.8) is 0 Å². The number of hydrogen-bond donors (Lipinski definition) is 0. The van der Waals surface area contributed by atoms with Crippen LogP contribution in [0.3, 0.4) is 0 Å². The molecule has 136 valence electrons. The second kappa shape index (κ2) is 6.51. The van der Waals surface area contributed by atoms with E-state index < -0.39 is 11.7 Å². The van der Waals surface area contributed by atoms with E-state index in [0.717, 1.165) is 22.9 Å². The monoisotopic (exact) mass is 427 g/mol. The summed E-state index contributed by atoms with van der Waals surface area (Å²) in [6, 6.07) is 2.77. The molecule has 0 saturated carbocycles. The molecule has 0 unspecified atom stereocenters. The molecule has 0 N–H and O–H groups in total. The Morgan fingerprint density at radius 3 is 2.69 bits per heavy atom. The lowest BCUT2D eigenvalue weighted by atomic mass is 10.1. The van der Waals surface area contributed by atoms with Crippen molar-refractivity contribution in [3.8, 4) is 11.4 Å². The second-order valence-electron chi connectivity index (χ2n) is 5.77. The van der Waals surface area contributed by atoms with Crippen molar-refractivity contribution < 1.29 is 17.9 Å². The Morgan fingerprint density at radius 1 is 1.19 bits per heavy atom. The summed E-state index contributed by atoms with van der Waals surface area (Å²) in [5.41, 5.74) is -0.257. The molecule has 4 heterocycles. The van der Waals surface area contributed by atoms with Crippen molar-refractivity contribution in [1.82, 2.24) is 19.6 Å². The van der Waals surface area contributed by atoms with Crippen LogP contribution in [0, 0.1) is 0 Å². The van der Waals surface area contributed by atoms with Crippen molar-refractivity contribution in [2.75, 3.05) is 31.2 Å². The summed E-state index contributed by atoms with van der Waals surface area (Å²) in [5, 5.41) is 4.27. The summed E-state index contributed by atoms with van der Waals surface area (Å²) in [5.74, 6) is 0.545. The molecule has 0 bridgehead atoms. The van der Waals surface area contributed by atoms with Gasteiger partial charge < -0.3 is 9.64 Å². The summed E-state index contributed by atoms with van der Waals surface area (Å²) >= 11 is 3.39. The maximum Gasteiger partial charge on any atom is 0.417 e. The van der Waals surface area contributed by atoms with Crippen molar-refractivity contribution >= 4 is 27.3 Å². The van der Waals surface area contributed by atoms with Crippen LogP contribution in [0.4, 0.5) is 19.0 Å². The fraction of sp³-hybridized carbons (Fsp3) is 0.312. The second-order valence-corrected chi connectivity index (χ2v) is 6.68. The molecule has 26 heavy (non-hydrogen) atoms. The quantitative estimate of drug-likeness (QED) is 0.627. The number of morpholine rings is 1. The van der Waals surface area contributed by atoms with Crippen LogP contribution in [0.2, 0.25) is 0 Å². The van der Waals surface area contributed by atoms with E-state index in [-0.39, 0.29) is 11.4 Å². The van der Waals surface area contributed by atoms with Crippen molar-refractivity contribution in [3.05, 3.63) is 40.8 Å². The molecule has 0 atom stereocenters. The van der Waals surface area contributed by atoms with Gasteiger partial charge >= 0.3 is 6.18 Å². The van der Waals surface area contributed by atoms with E-state index in [0.29, 0.717) is 37.6 Å². The van der Waals surface area contributed by atoms with Crippen LogP contribution < -0.4 is 4.90 Å². The van der Waals surface area contributed by atoms with Gasteiger partial charge in [-0.25, -0.2) is 9.50 Å². The molecule has 10 heteroatoms. The molecule has 3 aromatic rings. The minimum atomic E-state index is -4.52. The van der Waals surface area contributed by atoms with E-state index in [4.69, 9.17) is 4.74 Å². The minimum absolute atomic E-state index is 0.0254. The molecule has 1 fully saturated rings. The maximum absolute atomic E-state index is 13.4. The van der Waals surface area contributed by atoms with Crippen molar-refractivity contribution in [2.24, 2.45) is 0 Å². The van der Waals surface area contributed by atoms with Crippen LogP contribution in [0.1, 0.15) is 5.56 Å². The van der Waals surface area contributed by atoms with Crippen LogP contribution in [-0.4, -0.2) is 45.9 Å². The lowest BCUT2D eigenvalue weighted by Gasteiger charge is -2.28. The predicted molar refractivity (Wildman–Crippen MR) is 92.0 cm³/mol. The molecule has 4 rings (SSSR count). The Kier molecular flexibility index (Phi) is 4.31. The highest BCUT2D eigenvalue weighted by Gasteiger charge is 2.35. The van der Waals surface area contributed by atoms with Gasteiger partial charge in [0.15, 0.2) is 11.6 Å². The lowest BCUT2D eigenvalue weighted by Crippen LogP contribution is -2.37. The average molecular weight is 428 g/mol. The van der Waals surface area contributed by atoms with E-state index >= 15 is 0 Å². The molecule has 0 aromatic carbocycles. The van der Waals surface area contributed by atoms with Crippen LogP contribution >= 0.6 is 15.9 Å². The van der Waals surface area contributed by atoms with Gasteiger partial charge in [0.05, 0.1) is 24.3 Å². The molecule has 3 aromatic heterocycles. The number of hydrogen-bond acceptors (Lipinski definition) is 5. The number of ether oxygens (including phenoxy) is 1. The zero-order chi connectivity index (χ0) is 18.3. The number of nitrogens with zero attached hydrogens (tertiary/aromatic N) is 5. The summed E-state index contributed by atoms with van der Waals surface area (Å²) in [4.78, 5) is 10.3. The molecule has 1 aliphatic heterocycles. The van der Waals surface area contributed by atoms with Crippen LogP contribution in [0.15, 0.2) is 35.2 Å². The first-order valence-corrected chi connectivity index (χ1v) is 8.63. The molecule has 0 amide bonds. The zero-order valence-electron chi connectivity index (χ0n) is 13.4. The molecular formula is C16H13BrF3N5O. The van der Waals surface area contributed by atoms with Crippen molar-refractivity contribution in [2.45, 2.75) is 6.18 Å². The Labute approximate surface area is 154 Å². The first-order chi connectivity index (χ1) is 12.4. The topological polar surface area (TPSA) is 55.5 Å². The van der Waals surface area contributed by atoms with Gasteiger partial charge in [0.2, 0.25) is 0 Å². The third kappa shape index (κ3) is 3.14. The summed E-state index contributed by atoms with van der Waals surface area (Å²) in [6.07, 6.45) is -0.577. The van der Waals surface area contributed by atoms with Crippen LogP contribution in [-0.2, 0) is 10.9 Å². The Bertz CT molecular complexity index is 953. The summed E-state index contributed by atoms with van der Waals surface area (Å²) in [7, 11) is 0. The maximum atomic E-state index is 13.4. The third-order valence-electron chi connectivity index (χ3n) is 4.09. The van der Waals surface area contributed by atoms with E-state index in [1.165, 1.54) is 4.52 Å². The average Bonchev–Trinajstić information content (AvgIpc) is 3.01. The van der Waals surface area contributed by atoms with Gasteiger partial charge in [-0.3, -0.25) is 4.98 Å². The third-order valence-corrected chi connectivity index (χ3v) is 4.52. The van der Waals surface area contributed by atoms with Crippen molar-refractivity contribution in [1.29, 1.82) is 0 Å². The molecule has 0 spiro atoms. The van der Waals surface area contributed by atoms with E-state index in [2.05, 4.69) is 31.0 Å². The SMILES string of the molecule is FC(F)(F)c1ccncc1-c1nc(N2CCOCC2)c2cc(Br)cn2n1. The first kappa shape index (κ1) is 17.2. The van der Waals surface area contributed by atoms with Crippen LogP contribution in [0.25, 0.3) is 16.9 Å². The normalized spacial score (nSPS) is 15.6. The predicted octanol–water partition coefficient (Wildman–Crippen LogP) is 3.41. The van der Waals surface area contributed by atoms with E-state index in [1.54, 1.807) is 6.20 Å². The van der Waals surface area contributed by atoms with Gasteiger partial charge in [-0.2, -0.15) is 13.2 Å². The Hall–Kier alpha value is -2.20. The molecule has 6 nitrogen and oxygen atoms in total. The number of aromatic nitrogens is 4.